The lowest BCUT2D eigenvalue weighted by Crippen LogP contribution is -2.35. The van der Waals surface area contributed by atoms with E-state index in [2.05, 4.69) is 4.99 Å². The lowest BCUT2D eigenvalue weighted by atomic mass is 10.1. The van der Waals surface area contributed by atoms with Gasteiger partial charge in [0, 0.05) is 12.5 Å². The maximum absolute atomic E-state index is 13.5. The third-order valence-corrected chi connectivity index (χ3v) is 6.35. The molecule has 7 heteroatoms. The second-order valence-corrected chi connectivity index (χ2v) is 8.30. The SMILES string of the molecule is CCOc1cc(S(=O)(=O)N2CCN=C2Cc2ccccc2)c(OCC)cc1C. The molecule has 0 unspecified atom stereocenters. The van der Waals surface area contributed by atoms with E-state index in [0.717, 1.165) is 11.1 Å². The first-order valence-electron chi connectivity index (χ1n) is 9.47. The molecule has 0 amide bonds. The highest BCUT2D eigenvalue weighted by atomic mass is 32.2. The van der Waals surface area contributed by atoms with Crippen molar-refractivity contribution in [3.8, 4) is 11.5 Å². The Bertz CT molecular complexity index is 956. The summed E-state index contributed by atoms with van der Waals surface area (Å²) in [6.07, 6.45) is 0.466. The number of amidine groups is 1. The summed E-state index contributed by atoms with van der Waals surface area (Å²) in [5.74, 6) is 1.44. The standard InChI is InChI=1S/C21H26N2O4S/c1-4-26-18-15-20(19(27-5-2)13-16(18)3)28(24,25)23-12-11-22-21(23)14-17-9-7-6-8-10-17/h6-10,13,15H,4-5,11-12,14H2,1-3H3. The van der Waals surface area contributed by atoms with Crippen LogP contribution in [0, 0.1) is 6.92 Å². The molecule has 1 aliphatic rings. The highest BCUT2D eigenvalue weighted by Gasteiger charge is 2.33. The van der Waals surface area contributed by atoms with E-state index in [0.29, 0.717) is 50.1 Å². The average Bonchev–Trinajstić information content (AvgIpc) is 3.14. The van der Waals surface area contributed by atoms with E-state index in [1.165, 1.54) is 4.31 Å². The summed E-state index contributed by atoms with van der Waals surface area (Å²) in [6.45, 7) is 7.20. The molecule has 0 fully saturated rings. The first-order valence-corrected chi connectivity index (χ1v) is 10.9. The van der Waals surface area contributed by atoms with Gasteiger partial charge < -0.3 is 9.47 Å². The van der Waals surface area contributed by atoms with Gasteiger partial charge in [0.15, 0.2) is 0 Å². The Labute approximate surface area is 166 Å². The Morgan fingerprint density at radius 2 is 1.71 bits per heavy atom. The molecule has 0 N–H and O–H groups in total. The molecule has 0 aromatic heterocycles. The summed E-state index contributed by atoms with van der Waals surface area (Å²) in [5, 5.41) is 0. The molecule has 6 nitrogen and oxygen atoms in total. The van der Waals surface area contributed by atoms with Gasteiger partial charge in [-0.1, -0.05) is 30.3 Å². The topological polar surface area (TPSA) is 68.2 Å². The zero-order chi connectivity index (χ0) is 20.1. The average molecular weight is 403 g/mol. The summed E-state index contributed by atoms with van der Waals surface area (Å²) in [7, 11) is -3.82. The summed E-state index contributed by atoms with van der Waals surface area (Å²) < 4.78 is 39.7. The minimum Gasteiger partial charge on any atom is -0.494 e. The minimum atomic E-state index is -3.82. The van der Waals surface area contributed by atoms with Gasteiger partial charge in [-0.05, 0) is 38.0 Å². The fourth-order valence-electron chi connectivity index (χ4n) is 3.20. The molecule has 0 saturated carbocycles. The highest BCUT2D eigenvalue weighted by molar-refractivity contribution is 7.89. The number of hydrogen-bond acceptors (Lipinski definition) is 5. The normalized spacial score (nSPS) is 14.1. The number of benzene rings is 2. The molecule has 0 bridgehead atoms. The van der Waals surface area contributed by atoms with Gasteiger partial charge in [0.05, 0.1) is 26.3 Å². The van der Waals surface area contributed by atoms with Crippen molar-refractivity contribution in [3.05, 3.63) is 53.6 Å². The summed E-state index contributed by atoms with van der Waals surface area (Å²) in [6, 6.07) is 13.0. The van der Waals surface area contributed by atoms with Crippen LogP contribution in [0.1, 0.15) is 25.0 Å². The Balaban J connectivity index is 1.99. The predicted octanol–water partition coefficient (Wildman–Crippen LogP) is 3.44. The van der Waals surface area contributed by atoms with Gasteiger partial charge in [-0.3, -0.25) is 9.30 Å². The maximum atomic E-state index is 13.5. The second kappa shape index (κ2) is 8.65. The van der Waals surface area contributed by atoms with E-state index in [1.54, 1.807) is 12.1 Å². The van der Waals surface area contributed by atoms with E-state index in [-0.39, 0.29) is 4.90 Å². The van der Waals surface area contributed by atoms with Crippen LogP contribution in [0.25, 0.3) is 0 Å². The molecule has 0 atom stereocenters. The van der Waals surface area contributed by atoms with Crippen LogP contribution in [0.15, 0.2) is 52.4 Å². The number of sulfonamides is 1. The Kier molecular flexibility index (Phi) is 6.24. The van der Waals surface area contributed by atoms with Crippen molar-refractivity contribution in [2.75, 3.05) is 26.3 Å². The zero-order valence-corrected chi connectivity index (χ0v) is 17.3. The van der Waals surface area contributed by atoms with Gasteiger partial charge in [0.25, 0.3) is 10.0 Å². The van der Waals surface area contributed by atoms with Gasteiger partial charge in [0.1, 0.15) is 22.2 Å². The van der Waals surface area contributed by atoms with Crippen LogP contribution < -0.4 is 9.47 Å². The quantitative estimate of drug-likeness (QED) is 0.678. The lowest BCUT2D eigenvalue weighted by Gasteiger charge is -2.23. The second-order valence-electron chi connectivity index (χ2n) is 6.47. The van der Waals surface area contributed by atoms with Crippen LogP contribution in [0.4, 0.5) is 0 Å². The van der Waals surface area contributed by atoms with E-state index in [9.17, 15) is 8.42 Å². The molecular formula is C21H26N2O4S. The molecule has 150 valence electrons. The number of hydrogen-bond donors (Lipinski definition) is 0. The molecule has 2 aromatic carbocycles. The molecule has 3 rings (SSSR count). The molecule has 0 radical (unpaired) electrons. The molecule has 0 spiro atoms. The number of rotatable bonds is 8. The van der Waals surface area contributed by atoms with Crippen LogP contribution in [0.2, 0.25) is 0 Å². The highest BCUT2D eigenvalue weighted by Crippen LogP contribution is 2.34. The monoisotopic (exact) mass is 402 g/mol. The van der Waals surface area contributed by atoms with Crippen LogP contribution in [-0.2, 0) is 16.4 Å². The Morgan fingerprint density at radius 1 is 1.04 bits per heavy atom. The van der Waals surface area contributed by atoms with Crippen LogP contribution in [-0.4, -0.2) is 44.9 Å². The smallest absolute Gasteiger partial charge is 0.269 e. The van der Waals surface area contributed by atoms with Crippen molar-refractivity contribution in [3.63, 3.8) is 0 Å². The summed E-state index contributed by atoms with van der Waals surface area (Å²) in [5.41, 5.74) is 1.86. The zero-order valence-electron chi connectivity index (χ0n) is 16.5. The molecule has 2 aromatic rings. The summed E-state index contributed by atoms with van der Waals surface area (Å²) in [4.78, 5) is 4.56. The molecular weight excluding hydrogens is 376 g/mol. The molecule has 1 heterocycles. The third-order valence-electron chi connectivity index (χ3n) is 4.50. The summed E-state index contributed by atoms with van der Waals surface area (Å²) >= 11 is 0. The fraction of sp³-hybridized carbons (Fsp3) is 0.381. The van der Waals surface area contributed by atoms with Gasteiger partial charge in [-0.25, -0.2) is 8.42 Å². The Hall–Kier alpha value is -2.54. The predicted molar refractivity (Wildman–Crippen MR) is 110 cm³/mol. The van der Waals surface area contributed by atoms with Crippen molar-refractivity contribution in [2.24, 2.45) is 4.99 Å². The maximum Gasteiger partial charge on any atom is 0.269 e. The van der Waals surface area contributed by atoms with E-state index in [4.69, 9.17) is 9.47 Å². The first-order chi connectivity index (χ1) is 13.5. The van der Waals surface area contributed by atoms with Gasteiger partial charge in [0.2, 0.25) is 0 Å². The van der Waals surface area contributed by atoms with Crippen molar-refractivity contribution in [1.82, 2.24) is 4.31 Å². The largest absolute Gasteiger partial charge is 0.494 e. The minimum absolute atomic E-state index is 0.117. The van der Waals surface area contributed by atoms with Crippen LogP contribution in [0.3, 0.4) is 0 Å². The van der Waals surface area contributed by atoms with Gasteiger partial charge in [-0.2, -0.15) is 0 Å². The molecule has 0 saturated heterocycles. The van der Waals surface area contributed by atoms with Crippen molar-refractivity contribution < 1.29 is 17.9 Å². The van der Waals surface area contributed by atoms with Crippen LogP contribution in [0.5, 0.6) is 11.5 Å². The molecule has 28 heavy (non-hydrogen) atoms. The number of aliphatic imine (C=N–C) groups is 1. The number of aryl methyl sites for hydroxylation is 1. The van der Waals surface area contributed by atoms with Crippen molar-refractivity contribution >= 4 is 15.9 Å². The lowest BCUT2D eigenvalue weighted by molar-refractivity contribution is 0.320. The Morgan fingerprint density at radius 3 is 2.39 bits per heavy atom. The first kappa shape index (κ1) is 20.2. The number of ether oxygens (including phenoxy) is 2. The number of nitrogens with zero attached hydrogens (tertiary/aromatic N) is 2. The van der Waals surface area contributed by atoms with E-state index < -0.39 is 10.0 Å². The fourth-order valence-corrected chi connectivity index (χ4v) is 4.79. The van der Waals surface area contributed by atoms with E-state index in [1.807, 2.05) is 51.1 Å². The van der Waals surface area contributed by atoms with Crippen molar-refractivity contribution in [2.45, 2.75) is 32.1 Å². The van der Waals surface area contributed by atoms with Crippen LogP contribution >= 0.6 is 0 Å². The molecule has 0 aliphatic carbocycles. The van der Waals surface area contributed by atoms with E-state index >= 15 is 0 Å². The molecule has 1 aliphatic heterocycles. The van der Waals surface area contributed by atoms with Gasteiger partial charge >= 0.3 is 0 Å². The third kappa shape index (κ3) is 4.14. The van der Waals surface area contributed by atoms with Crippen molar-refractivity contribution in [1.29, 1.82) is 0 Å². The van der Waals surface area contributed by atoms with Gasteiger partial charge in [-0.15, -0.1) is 0 Å².